The summed E-state index contributed by atoms with van der Waals surface area (Å²) in [5.74, 6) is 0.368. The fourth-order valence-corrected chi connectivity index (χ4v) is 4.82. The summed E-state index contributed by atoms with van der Waals surface area (Å²) in [6, 6.07) is 11.2. The maximum absolute atomic E-state index is 13.4. The lowest BCUT2D eigenvalue weighted by molar-refractivity contribution is -0.130. The molecule has 30 heavy (non-hydrogen) atoms. The Morgan fingerprint density at radius 3 is 2.27 bits per heavy atom. The van der Waals surface area contributed by atoms with Crippen molar-refractivity contribution in [1.29, 1.82) is 0 Å². The van der Waals surface area contributed by atoms with E-state index < -0.39 is 15.8 Å². The number of hydrogen-bond acceptors (Lipinski definition) is 4. The van der Waals surface area contributed by atoms with Gasteiger partial charge in [0.15, 0.2) is 0 Å². The Labute approximate surface area is 177 Å². The largest absolute Gasteiger partial charge is 0.494 e. The lowest BCUT2D eigenvalue weighted by Crippen LogP contribution is -2.45. The van der Waals surface area contributed by atoms with E-state index in [0.717, 1.165) is 17.1 Å². The van der Waals surface area contributed by atoms with E-state index in [4.69, 9.17) is 4.74 Å². The predicted molar refractivity (Wildman–Crippen MR) is 114 cm³/mol. The summed E-state index contributed by atoms with van der Waals surface area (Å²) in [5, 5.41) is 0. The van der Waals surface area contributed by atoms with Gasteiger partial charge in [0.25, 0.3) is 10.0 Å². The molecule has 0 atom stereocenters. The van der Waals surface area contributed by atoms with E-state index >= 15 is 0 Å². The number of rotatable bonds is 7. The summed E-state index contributed by atoms with van der Waals surface area (Å²) >= 11 is 0. The molecule has 0 saturated carbocycles. The topological polar surface area (TPSA) is 66.9 Å². The Bertz CT molecular complexity index is 954. The zero-order chi connectivity index (χ0) is 21.7. The first-order valence-electron chi connectivity index (χ1n) is 10.1. The molecule has 0 unspecified atom stereocenters. The predicted octanol–water partition coefficient (Wildman–Crippen LogP) is 3.68. The molecule has 3 rings (SSSR count). The van der Waals surface area contributed by atoms with Crippen molar-refractivity contribution in [2.24, 2.45) is 5.92 Å². The van der Waals surface area contributed by atoms with Gasteiger partial charge < -0.3 is 9.64 Å². The van der Waals surface area contributed by atoms with Crippen LogP contribution >= 0.6 is 0 Å². The molecular formula is C22H27FN2O4S. The molecule has 1 amide bonds. The minimum atomic E-state index is -4.04. The summed E-state index contributed by atoms with van der Waals surface area (Å²) < 4.78 is 46.6. The Morgan fingerprint density at radius 1 is 1.10 bits per heavy atom. The molecule has 1 aliphatic heterocycles. The van der Waals surface area contributed by atoms with Crippen LogP contribution in [0.5, 0.6) is 5.75 Å². The van der Waals surface area contributed by atoms with Crippen LogP contribution in [0, 0.1) is 11.7 Å². The van der Waals surface area contributed by atoms with Crippen LogP contribution in [0.4, 0.5) is 10.1 Å². The van der Waals surface area contributed by atoms with E-state index in [1.807, 2.05) is 6.92 Å². The van der Waals surface area contributed by atoms with Gasteiger partial charge in [0.2, 0.25) is 5.91 Å². The van der Waals surface area contributed by atoms with Crippen molar-refractivity contribution in [3.05, 3.63) is 54.3 Å². The van der Waals surface area contributed by atoms with Crippen LogP contribution in [0.15, 0.2) is 53.4 Å². The van der Waals surface area contributed by atoms with Crippen LogP contribution in [0.25, 0.3) is 0 Å². The van der Waals surface area contributed by atoms with Crippen molar-refractivity contribution in [1.82, 2.24) is 4.90 Å². The highest BCUT2D eigenvalue weighted by Gasteiger charge is 2.30. The van der Waals surface area contributed by atoms with Gasteiger partial charge in [0.05, 0.1) is 17.2 Å². The molecule has 0 bridgehead atoms. The first-order valence-corrected chi connectivity index (χ1v) is 11.5. The summed E-state index contributed by atoms with van der Waals surface area (Å²) in [6.45, 7) is 5.34. The van der Waals surface area contributed by atoms with Crippen LogP contribution < -0.4 is 9.04 Å². The Morgan fingerprint density at radius 2 is 1.70 bits per heavy atom. The SMILES string of the molecule is CCOc1ccc(S(=O)(=O)N(CC(=O)N2CCC(C)CC2)c2ccc(F)cc2)cc1. The van der Waals surface area contributed by atoms with E-state index in [2.05, 4.69) is 6.92 Å². The van der Waals surface area contributed by atoms with E-state index in [1.165, 1.54) is 36.4 Å². The lowest BCUT2D eigenvalue weighted by atomic mass is 9.99. The molecule has 0 aromatic heterocycles. The van der Waals surface area contributed by atoms with Gasteiger partial charge in [-0.25, -0.2) is 12.8 Å². The Balaban J connectivity index is 1.90. The van der Waals surface area contributed by atoms with E-state index in [-0.39, 0.29) is 23.0 Å². The number of piperidine rings is 1. The van der Waals surface area contributed by atoms with Crippen LogP contribution in [0.2, 0.25) is 0 Å². The summed E-state index contributed by atoms with van der Waals surface area (Å²) in [7, 11) is -4.04. The number of nitrogens with zero attached hydrogens (tertiary/aromatic N) is 2. The fraction of sp³-hybridized carbons (Fsp3) is 0.409. The molecular weight excluding hydrogens is 407 g/mol. The van der Waals surface area contributed by atoms with Crippen molar-refractivity contribution >= 4 is 21.6 Å². The standard InChI is InChI=1S/C22H27FN2O4S/c1-3-29-20-8-10-21(11-9-20)30(27,28)25(19-6-4-18(23)5-7-19)16-22(26)24-14-12-17(2)13-15-24/h4-11,17H,3,12-16H2,1-2H3. The lowest BCUT2D eigenvalue weighted by Gasteiger charge is -2.32. The third kappa shape index (κ3) is 5.11. The fourth-order valence-electron chi connectivity index (χ4n) is 3.40. The normalized spacial score (nSPS) is 15.1. The molecule has 2 aromatic rings. The van der Waals surface area contributed by atoms with E-state index in [1.54, 1.807) is 17.0 Å². The number of likely N-dealkylation sites (tertiary alicyclic amines) is 1. The van der Waals surface area contributed by atoms with Crippen molar-refractivity contribution in [2.75, 3.05) is 30.5 Å². The molecule has 0 spiro atoms. The van der Waals surface area contributed by atoms with Gasteiger partial charge in [-0.15, -0.1) is 0 Å². The monoisotopic (exact) mass is 434 g/mol. The molecule has 2 aromatic carbocycles. The molecule has 0 N–H and O–H groups in total. The van der Waals surface area contributed by atoms with Gasteiger partial charge in [0.1, 0.15) is 18.1 Å². The number of anilines is 1. The first kappa shape index (κ1) is 22.1. The zero-order valence-corrected chi connectivity index (χ0v) is 18.1. The molecule has 1 fully saturated rings. The summed E-state index contributed by atoms with van der Waals surface area (Å²) in [6.07, 6.45) is 1.79. The van der Waals surface area contributed by atoms with E-state index in [0.29, 0.717) is 31.4 Å². The minimum absolute atomic E-state index is 0.0374. The smallest absolute Gasteiger partial charge is 0.264 e. The molecule has 162 valence electrons. The highest BCUT2D eigenvalue weighted by Crippen LogP contribution is 2.26. The van der Waals surface area contributed by atoms with Gasteiger partial charge in [-0.05, 0) is 74.2 Å². The van der Waals surface area contributed by atoms with Gasteiger partial charge in [-0.2, -0.15) is 0 Å². The second-order valence-electron chi connectivity index (χ2n) is 7.46. The number of sulfonamides is 1. The second-order valence-corrected chi connectivity index (χ2v) is 9.32. The molecule has 6 nitrogen and oxygen atoms in total. The Kier molecular flexibility index (Phi) is 6.97. The number of carbonyl (C=O) groups is 1. The van der Waals surface area contributed by atoms with Crippen LogP contribution in [0.1, 0.15) is 26.7 Å². The van der Waals surface area contributed by atoms with Gasteiger partial charge >= 0.3 is 0 Å². The van der Waals surface area contributed by atoms with Crippen molar-refractivity contribution in [2.45, 2.75) is 31.6 Å². The van der Waals surface area contributed by atoms with Crippen LogP contribution in [0.3, 0.4) is 0 Å². The average molecular weight is 435 g/mol. The number of halogens is 1. The minimum Gasteiger partial charge on any atom is -0.494 e. The summed E-state index contributed by atoms with van der Waals surface area (Å²) in [5.41, 5.74) is 0.240. The van der Waals surface area contributed by atoms with Gasteiger partial charge in [-0.1, -0.05) is 6.92 Å². The molecule has 1 aliphatic rings. The Hall–Kier alpha value is -2.61. The number of amides is 1. The van der Waals surface area contributed by atoms with Crippen LogP contribution in [-0.2, 0) is 14.8 Å². The van der Waals surface area contributed by atoms with Crippen molar-refractivity contribution in [3.8, 4) is 5.75 Å². The quantitative estimate of drug-likeness (QED) is 0.667. The van der Waals surface area contributed by atoms with Crippen molar-refractivity contribution in [3.63, 3.8) is 0 Å². The zero-order valence-electron chi connectivity index (χ0n) is 17.3. The highest BCUT2D eigenvalue weighted by atomic mass is 32.2. The third-order valence-corrected chi connectivity index (χ3v) is 7.04. The van der Waals surface area contributed by atoms with E-state index in [9.17, 15) is 17.6 Å². The number of carbonyl (C=O) groups excluding carboxylic acids is 1. The number of benzene rings is 2. The molecule has 1 heterocycles. The third-order valence-electron chi connectivity index (χ3n) is 5.25. The number of hydrogen-bond donors (Lipinski definition) is 0. The molecule has 8 heteroatoms. The molecule has 0 radical (unpaired) electrons. The van der Waals surface area contributed by atoms with Gasteiger partial charge in [0, 0.05) is 13.1 Å². The first-order chi connectivity index (χ1) is 14.3. The number of ether oxygens (including phenoxy) is 1. The summed E-state index contributed by atoms with van der Waals surface area (Å²) in [4.78, 5) is 14.6. The average Bonchev–Trinajstić information content (AvgIpc) is 2.74. The molecule has 0 aliphatic carbocycles. The van der Waals surface area contributed by atoms with Crippen LogP contribution in [-0.4, -0.2) is 45.5 Å². The maximum atomic E-state index is 13.4. The highest BCUT2D eigenvalue weighted by molar-refractivity contribution is 7.92. The molecule has 1 saturated heterocycles. The van der Waals surface area contributed by atoms with Gasteiger partial charge in [-0.3, -0.25) is 9.10 Å². The maximum Gasteiger partial charge on any atom is 0.264 e. The van der Waals surface area contributed by atoms with Crippen molar-refractivity contribution < 1.29 is 22.3 Å². The second kappa shape index (κ2) is 9.47.